The quantitative estimate of drug-likeness (QED) is 0.491. The molecule has 2 aliphatic rings. The molecule has 0 aromatic carbocycles. The van der Waals surface area contributed by atoms with Crippen molar-refractivity contribution in [1.29, 1.82) is 0 Å². The fraction of sp³-hybridized carbons (Fsp3) is 0.727. The molecule has 0 N–H and O–H groups in total. The van der Waals surface area contributed by atoms with Crippen molar-refractivity contribution in [3.63, 3.8) is 0 Å². The van der Waals surface area contributed by atoms with Gasteiger partial charge in [-0.25, -0.2) is 0 Å². The standard InChI is InChI=1S/C22H35N3O4.ClH/c1-3-5-7-9-12-24-19-17-28-16-14-23(19)22(27)20-21(18(26)11-13-25(20)24)29-15-10-8-6-4-2;/h11,13,19H,3-10,12,14-17H2,1-2H3;1H/t19-;/m1./s1. The molecule has 0 spiro atoms. The molecule has 30 heavy (non-hydrogen) atoms. The van der Waals surface area contributed by atoms with E-state index in [9.17, 15) is 9.59 Å². The SMILES string of the molecule is CCCCCCOc1c2n(ccc1=O)N(CCCCCC)[C@@H]1COCCN1C2=O.Cl. The predicted octanol–water partition coefficient (Wildman–Crippen LogP) is 3.56. The predicted molar refractivity (Wildman–Crippen MR) is 120 cm³/mol. The Morgan fingerprint density at radius 1 is 1.07 bits per heavy atom. The van der Waals surface area contributed by atoms with Crippen LogP contribution in [0.3, 0.4) is 0 Å². The van der Waals surface area contributed by atoms with Gasteiger partial charge in [-0.15, -0.1) is 12.4 Å². The van der Waals surface area contributed by atoms with E-state index in [1.807, 2.05) is 9.58 Å². The zero-order chi connectivity index (χ0) is 20.6. The number of nitrogens with zero attached hydrogens (tertiary/aromatic N) is 3. The van der Waals surface area contributed by atoms with Crippen molar-refractivity contribution in [1.82, 2.24) is 9.58 Å². The summed E-state index contributed by atoms with van der Waals surface area (Å²) in [4.78, 5) is 27.7. The van der Waals surface area contributed by atoms with Gasteiger partial charge < -0.3 is 14.4 Å². The van der Waals surface area contributed by atoms with Crippen LogP contribution in [0.1, 0.15) is 75.7 Å². The number of carbonyl (C=O) groups is 1. The average molecular weight is 442 g/mol. The lowest BCUT2D eigenvalue weighted by Crippen LogP contribution is -2.65. The number of morpholine rings is 1. The van der Waals surface area contributed by atoms with Crippen LogP contribution in [-0.4, -0.2) is 54.6 Å². The van der Waals surface area contributed by atoms with Crippen molar-refractivity contribution in [2.75, 3.05) is 37.9 Å². The second-order valence-electron chi connectivity index (χ2n) is 7.89. The third-order valence-electron chi connectivity index (χ3n) is 5.71. The van der Waals surface area contributed by atoms with Gasteiger partial charge in [0.15, 0.2) is 11.4 Å². The fourth-order valence-corrected chi connectivity index (χ4v) is 4.07. The zero-order valence-electron chi connectivity index (χ0n) is 18.3. The van der Waals surface area contributed by atoms with E-state index in [1.165, 1.54) is 18.9 Å². The Hall–Kier alpha value is -1.73. The van der Waals surface area contributed by atoms with Gasteiger partial charge >= 0.3 is 0 Å². The molecule has 0 bridgehead atoms. The molecule has 170 valence electrons. The first-order chi connectivity index (χ1) is 14.2. The van der Waals surface area contributed by atoms with Crippen LogP contribution >= 0.6 is 12.4 Å². The second kappa shape index (κ2) is 12.2. The highest BCUT2D eigenvalue weighted by atomic mass is 35.5. The molecule has 0 radical (unpaired) electrons. The smallest absolute Gasteiger partial charge is 0.278 e. The molecule has 1 saturated heterocycles. The van der Waals surface area contributed by atoms with Crippen LogP contribution in [0, 0.1) is 0 Å². The molecule has 0 aliphatic carbocycles. The van der Waals surface area contributed by atoms with Gasteiger partial charge in [0.25, 0.3) is 5.91 Å². The molecule has 1 fully saturated rings. The van der Waals surface area contributed by atoms with Gasteiger partial charge in [-0.1, -0.05) is 52.4 Å². The molecule has 8 heteroatoms. The van der Waals surface area contributed by atoms with Gasteiger partial charge in [-0.05, 0) is 12.8 Å². The Balaban J connectivity index is 0.00000320. The summed E-state index contributed by atoms with van der Waals surface area (Å²) >= 11 is 0. The number of hydrogen-bond donors (Lipinski definition) is 0. The highest BCUT2D eigenvalue weighted by Crippen LogP contribution is 2.26. The van der Waals surface area contributed by atoms with E-state index >= 15 is 0 Å². The van der Waals surface area contributed by atoms with E-state index < -0.39 is 0 Å². The lowest BCUT2D eigenvalue weighted by molar-refractivity contribution is -0.0173. The van der Waals surface area contributed by atoms with Crippen molar-refractivity contribution < 1.29 is 14.3 Å². The van der Waals surface area contributed by atoms with Crippen molar-refractivity contribution >= 4 is 18.3 Å². The number of halogens is 1. The second-order valence-corrected chi connectivity index (χ2v) is 7.89. The molecule has 0 saturated carbocycles. The van der Waals surface area contributed by atoms with Gasteiger partial charge in [0.05, 0.1) is 19.8 Å². The van der Waals surface area contributed by atoms with E-state index in [0.717, 1.165) is 45.1 Å². The summed E-state index contributed by atoms with van der Waals surface area (Å²) in [5.74, 6) is 0.0573. The summed E-state index contributed by atoms with van der Waals surface area (Å²) in [5, 5.41) is 2.16. The topological polar surface area (TPSA) is 64.0 Å². The molecule has 3 rings (SSSR count). The lowest BCUT2D eigenvalue weighted by Gasteiger charge is -2.48. The van der Waals surface area contributed by atoms with Gasteiger partial charge in [0, 0.05) is 25.4 Å². The van der Waals surface area contributed by atoms with Gasteiger partial charge in [-0.3, -0.25) is 19.3 Å². The third-order valence-corrected chi connectivity index (χ3v) is 5.71. The van der Waals surface area contributed by atoms with E-state index in [-0.39, 0.29) is 35.7 Å². The normalized spacial score (nSPS) is 17.9. The van der Waals surface area contributed by atoms with Crippen LogP contribution in [0.2, 0.25) is 0 Å². The number of pyridine rings is 1. The maximum Gasteiger partial charge on any atom is 0.278 e. The Bertz CT molecular complexity index is 740. The summed E-state index contributed by atoms with van der Waals surface area (Å²) in [6.07, 6.45) is 10.4. The number of hydrogen-bond acceptors (Lipinski definition) is 5. The summed E-state index contributed by atoms with van der Waals surface area (Å²) < 4.78 is 13.4. The van der Waals surface area contributed by atoms with Crippen molar-refractivity contribution in [2.45, 2.75) is 71.4 Å². The van der Waals surface area contributed by atoms with Gasteiger partial charge in [0.1, 0.15) is 6.17 Å². The number of carbonyl (C=O) groups excluding carboxylic acids is 1. The first-order valence-electron chi connectivity index (χ1n) is 11.2. The van der Waals surface area contributed by atoms with Crippen molar-refractivity contribution in [2.24, 2.45) is 0 Å². The Morgan fingerprint density at radius 3 is 2.53 bits per heavy atom. The van der Waals surface area contributed by atoms with Crippen LogP contribution in [-0.2, 0) is 4.74 Å². The molecule has 2 aliphatic heterocycles. The molecule has 3 heterocycles. The summed E-state index contributed by atoms with van der Waals surface area (Å²) in [7, 11) is 0. The molecular weight excluding hydrogens is 406 g/mol. The first kappa shape index (κ1) is 24.5. The molecular formula is C22H36ClN3O4. The minimum atomic E-state index is -0.224. The van der Waals surface area contributed by atoms with Crippen LogP contribution in [0.5, 0.6) is 5.75 Å². The monoisotopic (exact) mass is 441 g/mol. The number of fused-ring (bicyclic) bond motifs is 2. The van der Waals surface area contributed by atoms with E-state index in [0.29, 0.717) is 32.1 Å². The molecule has 1 aromatic rings. The average Bonchev–Trinajstić information content (AvgIpc) is 2.74. The largest absolute Gasteiger partial charge is 0.487 e. The van der Waals surface area contributed by atoms with E-state index in [1.54, 1.807) is 6.20 Å². The Labute approximate surface area is 185 Å². The minimum absolute atomic E-state index is 0. The third kappa shape index (κ3) is 5.49. The van der Waals surface area contributed by atoms with Crippen LogP contribution in [0.15, 0.2) is 17.1 Å². The molecule has 1 amide bonds. The number of amides is 1. The lowest BCUT2D eigenvalue weighted by atomic mass is 10.1. The van der Waals surface area contributed by atoms with Crippen molar-refractivity contribution in [3.05, 3.63) is 28.2 Å². The highest BCUT2D eigenvalue weighted by Gasteiger charge is 2.41. The summed E-state index contributed by atoms with van der Waals surface area (Å²) in [5.41, 5.74) is 0.138. The number of ether oxygens (including phenoxy) is 2. The minimum Gasteiger partial charge on any atom is -0.487 e. The number of unbranched alkanes of at least 4 members (excludes halogenated alkanes) is 6. The van der Waals surface area contributed by atoms with Gasteiger partial charge in [0.2, 0.25) is 5.43 Å². The Morgan fingerprint density at radius 2 is 1.80 bits per heavy atom. The van der Waals surface area contributed by atoms with Crippen molar-refractivity contribution in [3.8, 4) is 5.75 Å². The molecule has 7 nitrogen and oxygen atoms in total. The van der Waals surface area contributed by atoms with Crippen LogP contribution < -0.4 is 15.2 Å². The number of rotatable bonds is 11. The summed E-state index contributed by atoms with van der Waals surface area (Å²) in [6, 6.07) is 1.51. The number of aromatic nitrogens is 1. The summed E-state index contributed by atoms with van der Waals surface area (Å²) in [6.45, 7) is 7.17. The molecule has 1 aromatic heterocycles. The first-order valence-corrected chi connectivity index (χ1v) is 11.2. The Kier molecular flexibility index (Phi) is 9.98. The molecule has 0 unspecified atom stereocenters. The fourth-order valence-electron chi connectivity index (χ4n) is 4.07. The van der Waals surface area contributed by atoms with Crippen LogP contribution in [0.25, 0.3) is 0 Å². The van der Waals surface area contributed by atoms with E-state index in [4.69, 9.17) is 9.47 Å². The molecule has 1 atom stereocenters. The van der Waals surface area contributed by atoms with Gasteiger partial charge in [-0.2, -0.15) is 0 Å². The maximum atomic E-state index is 13.3. The highest BCUT2D eigenvalue weighted by molar-refractivity contribution is 5.96. The maximum absolute atomic E-state index is 13.3. The van der Waals surface area contributed by atoms with Crippen LogP contribution in [0.4, 0.5) is 0 Å². The van der Waals surface area contributed by atoms with E-state index in [2.05, 4.69) is 18.9 Å². The zero-order valence-corrected chi connectivity index (χ0v) is 19.1.